The van der Waals surface area contributed by atoms with Crippen LogP contribution in [0.25, 0.3) is 0 Å². The zero-order valence-electron chi connectivity index (χ0n) is 7.96. The van der Waals surface area contributed by atoms with Crippen molar-refractivity contribution in [2.24, 2.45) is 11.7 Å². The van der Waals surface area contributed by atoms with Crippen LogP contribution in [0.15, 0.2) is 0 Å². The molecule has 0 aromatic carbocycles. The predicted molar refractivity (Wildman–Crippen MR) is 46.8 cm³/mol. The number of Topliss-reactive ketones (excluding diaryl/α,β-unsaturated/α-hetero) is 1. The minimum Gasteiger partial charge on any atom is -0.362 e. The van der Waals surface area contributed by atoms with Crippen molar-refractivity contribution in [2.45, 2.75) is 38.8 Å². The molecule has 0 aliphatic carbocycles. The van der Waals surface area contributed by atoms with Crippen molar-refractivity contribution in [2.75, 3.05) is 6.61 Å². The lowest BCUT2D eigenvalue weighted by molar-refractivity contribution is -0.125. The van der Waals surface area contributed by atoms with E-state index < -0.39 is 5.60 Å². The molecule has 1 aliphatic heterocycles. The molecule has 0 bridgehead atoms. The highest BCUT2D eigenvalue weighted by Gasteiger charge is 2.48. The molecular formula is C9H17NO2. The van der Waals surface area contributed by atoms with E-state index in [1.807, 2.05) is 0 Å². The van der Waals surface area contributed by atoms with Gasteiger partial charge in [-0.3, -0.25) is 4.79 Å². The Labute approximate surface area is 73.3 Å². The quantitative estimate of drug-likeness (QED) is 0.634. The van der Waals surface area contributed by atoms with E-state index in [1.54, 1.807) is 6.92 Å². The van der Waals surface area contributed by atoms with Gasteiger partial charge in [-0.2, -0.15) is 0 Å². The maximum atomic E-state index is 11.5. The largest absolute Gasteiger partial charge is 0.362 e. The number of hydrogen-bond donors (Lipinski definition) is 1. The van der Waals surface area contributed by atoms with Gasteiger partial charge in [-0.15, -0.1) is 0 Å². The first kappa shape index (κ1) is 9.68. The van der Waals surface area contributed by atoms with Gasteiger partial charge in [0.25, 0.3) is 0 Å². The highest BCUT2D eigenvalue weighted by atomic mass is 16.6. The molecule has 3 nitrogen and oxygen atoms in total. The molecule has 2 atom stereocenters. The molecule has 0 unspecified atom stereocenters. The fraction of sp³-hybridized carbons (Fsp3) is 0.889. The van der Waals surface area contributed by atoms with Gasteiger partial charge < -0.3 is 10.5 Å². The first-order valence-electron chi connectivity index (χ1n) is 4.39. The third kappa shape index (κ3) is 2.05. The van der Waals surface area contributed by atoms with Crippen molar-refractivity contribution in [3.05, 3.63) is 0 Å². The van der Waals surface area contributed by atoms with Gasteiger partial charge in [0, 0.05) is 0 Å². The van der Waals surface area contributed by atoms with Gasteiger partial charge in [0.15, 0.2) is 5.78 Å². The number of carbonyl (C=O) groups excluding carboxylic acids is 1. The Balaban J connectivity index is 2.42. The zero-order valence-corrected chi connectivity index (χ0v) is 7.96. The Morgan fingerprint density at radius 2 is 2.17 bits per heavy atom. The topological polar surface area (TPSA) is 55.6 Å². The van der Waals surface area contributed by atoms with Crippen molar-refractivity contribution in [3.63, 3.8) is 0 Å². The molecule has 0 aromatic rings. The SMILES string of the molecule is CC(C)C[C@H](N)C(=O)[C@@]1(C)CO1. The van der Waals surface area contributed by atoms with Crippen LogP contribution < -0.4 is 5.73 Å². The van der Waals surface area contributed by atoms with Crippen LogP contribution in [-0.2, 0) is 9.53 Å². The minimum atomic E-state index is -0.547. The van der Waals surface area contributed by atoms with Gasteiger partial charge in [-0.1, -0.05) is 13.8 Å². The highest BCUT2D eigenvalue weighted by molar-refractivity contribution is 5.93. The smallest absolute Gasteiger partial charge is 0.183 e. The van der Waals surface area contributed by atoms with Crippen LogP contribution in [0.2, 0.25) is 0 Å². The van der Waals surface area contributed by atoms with Crippen LogP contribution in [0, 0.1) is 5.92 Å². The summed E-state index contributed by atoms with van der Waals surface area (Å²) in [4.78, 5) is 11.5. The molecule has 1 saturated heterocycles. The Hall–Kier alpha value is -0.410. The molecule has 70 valence electrons. The van der Waals surface area contributed by atoms with Gasteiger partial charge in [0.1, 0.15) is 5.60 Å². The third-order valence-corrected chi connectivity index (χ3v) is 2.16. The summed E-state index contributed by atoms with van der Waals surface area (Å²) in [5.74, 6) is 0.516. The van der Waals surface area contributed by atoms with Gasteiger partial charge in [-0.05, 0) is 19.3 Å². The summed E-state index contributed by atoms with van der Waals surface area (Å²) in [6.45, 7) is 6.46. The number of ether oxygens (including phenoxy) is 1. The van der Waals surface area contributed by atoms with Gasteiger partial charge in [-0.25, -0.2) is 0 Å². The Morgan fingerprint density at radius 3 is 2.50 bits per heavy atom. The molecule has 0 radical (unpaired) electrons. The second-order valence-electron chi connectivity index (χ2n) is 4.12. The summed E-state index contributed by atoms with van der Waals surface area (Å²) < 4.78 is 5.03. The Kier molecular flexibility index (Phi) is 2.54. The molecule has 1 rings (SSSR count). The van der Waals surface area contributed by atoms with Crippen molar-refractivity contribution >= 4 is 5.78 Å². The normalized spacial score (nSPS) is 30.4. The second kappa shape index (κ2) is 3.15. The molecule has 3 heteroatoms. The molecule has 1 fully saturated rings. The first-order chi connectivity index (χ1) is 5.46. The zero-order chi connectivity index (χ0) is 9.35. The van der Waals surface area contributed by atoms with E-state index in [1.165, 1.54) is 0 Å². The molecule has 0 aromatic heterocycles. The van der Waals surface area contributed by atoms with E-state index in [2.05, 4.69) is 13.8 Å². The molecule has 0 spiro atoms. The molecule has 0 amide bonds. The average Bonchev–Trinajstić information content (AvgIpc) is 2.66. The fourth-order valence-corrected chi connectivity index (χ4v) is 1.26. The molecule has 1 heterocycles. The predicted octanol–water partition coefficient (Wildman–Crippen LogP) is 0.718. The summed E-state index contributed by atoms with van der Waals surface area (Å²) in [6.07, 6.45) is 0.748. The highest BCUT2D eigenvalue weighted by Crippen LogP contribution is 2.28. The van der Waals surface area contributed by atoms with Crippen LogP contribution in [0.5, 0.6) is 0 Å². The molecule has 1 aliphatic rings. The monoisotopic (exact) mass is 171 g/mol. The van der Waals surface area contributed by atoms with Crippen molar-refractivity contribution in [1.82, 2.24) is 0 Å². The number of rotatable bonds is 4. The van der Waals surface area contributed by atoms with Gasteiger partial charge in [0.2, 0.25) is 0 Å². The number of hydrogen-bond acceptors (Lipinski definition) is 3. The van der Waals surface area contributed by atoms with Crippen molar-refractivity contribution < 1.29 is 9.53 Å². The summed E-state index contributed by atoms with van der Waals surface area (Å²) in [7, 11) is 0. The second-order valence-corrected chi connectivity index (χ2v) is 4.12. The van der Waals surface area contributed by atoms with E-state index in [-0.39, 0.29) is 11.8 Å². The summed E-state index contributed by atoms with van der Waals surface area (Å²) >= 11 is 0. The summed E-state index contributed by atoms with van der Waals surface area (Å²) in [5.41, 5.74) is 5.17. The number of carbonyl (C=O) groups is 1. The third-order valence-electron chi connectivity index (χ3n) is 2.16. The van der Waals surface area contributed by atoms with E-state index >= 15 is 0 Å². The van der Waals surface area contributed by atoms with Gasteiger partial charge >= 0.3 is 0 Å². The van der Waals surface area contributed by atoms with Gasteiger partial charge in [0.05, 0.1) is 12.6 Å². The van der Waals surface area contributed by atoms with Crippen LogP contribution in [0.4, 0.5) is 0 Å². The Morgan fingerprint density at radius 1 is 1.67 bits per heavy atom. The van der Waals surface area contributed by atoms with Crippen LogP contribution in [0.1, 0.15) is 27.2 Å². The lowest BCUT2D eigenvalue weighted by atomic mass is 9.94. The van der Waals surface area contributed by atoms with Crippen LogP contribution in [0.3, 0.4) is 0 Å². The van der Waals surface area contributed by atoms with Crippen molar-refractivity contribution in [3.8, 4) is 0 Å². The fourth-order valence-electron chi connectivity index (χ4n) is 1.26. The summed E-state index contributed by atoms with van der Waals surface area (Å²) in [5, 5.41) is 0. The average molecular weight is 171 g/mol. The molecule has 2 N–H and O–H groups in total. The number of ketones is 1. The molecule has 0 saturated carbocycles. The van der Waals surface area contributed by atoms with E-state index in [4.69, 9.17) is 10.5 Å². The lowest BCUT2D eigenvalue weighted by Crippen LogP contribution is -2.40. The van der Waals surface area contributed by atoms with Crippen LogP contribution in [-0.4, -0.2) is 24.0 Å². The lowest BCUT2D eigenvalue weighted by Gasteiger charge is -2.14. The van der Waals surface area contributed by atoms with Crippen molar-refractivity contribution in [1.29, 1.82) is 0 Å². The van der Waals surface area contributed by atoms with E-state index in [9.17, 15) is 4.79 Å². The maximum Gasteiger partial charge on any atom is 0.183 e. The van der Waals surface area contributed by atoms with E-state index in [0.717, 1.165) is 6.42 Å². The number of nitrogens with two attached hydrogens (primary N) is 1. The molecule has 12 heavy (non-hydrogen) atoms. The summed E-state index contributed by atoms with van der Waals surface area (Å²) in [6, 6.07) is -0.350. The standard InChI is InChI=1S/C9H17NO2/c1-6(2)4-7(10)8(11)9(3)5-12-9/h6-7H,4-5,10H2,1-3H3/t7-,9+/m0/s1. The number of epoxide rings is 1. The Bertz CT molecular complexity index is 185. The minimum absolute atomic E-state index is 0.0520. The molecular weight excluding hydrogens is 154 g/mol. The maximum absolute atomic E-state index is 11.5. The van der Waals surface area contributed by atoms with E-state index in [0.29, 0.717) is 12.5 Å². The van der Waals surface area contributed by atoms with Crippen LogP contribution >= 0.6 is 0 Å². The first-order valence-corrected chi connectivity index (χ1v) is 4.39.